The largest absolute Gasteiger partial charge is 0.395 e. The van der Waals surface area contributed by atoms with Crippen LogP contribution in [0.1, 0.15) is 21.5 Å². The zero-order chi connectivity index (χ0) is 20.2. The Hall–Kier alpha value is -3.23. The lowest BCUT2D eigenvalue weighted by Gasteiger charge is -2.05. The highest BCUT2D eigenvalue weighted by molar-refractivity contribution is 7.20. The summed E-state index contributed by atoms with van der Waals surface area (Å²) in [6, 6.07) is 15.5. The normalized spacial score (nSPS) is 11.0. The first-order chi connectivity index (χ1) is 14.1. The second-order valence-corrected chi connectivity index (χ2v) is 7.55. The summed E-state index contributed by atoms with van der Waals surface area (Å²) in [5.74, 6) is -0.206. The van der Waals surface area contributed by atoms with Gasteiger partial charge in [-0.3, -0.25) is 4.79 Å². The summed E-state index contributed by atoms with van der Waals surface area (Å²) in [5.41, 5.74) is 4.75. The molecule has 4 rings (SSSR count). The molecule has 0 saturated carbocycles. The Labute approximate surface area is 172 Å². The number of hydrogen-bond acceptors (Lipinski definition) is 6. The predicted molar refractivity (Wildman–Crippen MR) is 114 cm³/mol. The van der Waals surface area contributed by atoms with E-state index in [9.17, 15) is 4.79 Å². The van der Waals surface area contributed by atoms with E-state index in [0.29, 0.717) is 5.56 Å². The first-order valence-corrected chi connectivity index (χ1v) is 10.1. The van der Waals surface area contributed by atoms with Crippen LogP contribution < -0.4 is 10.6 Å². The summed E-state index contributed by atoms with van der Waals surface area (Å²) in [6.45, 7) is 2.98. The van der Waals surface area contributed by atoms with E-state index in [0.717, 1.165) is 27.9 Å². The smallest absolute Gasteiger partial charge is 0.251 e. The molecule has 2 aromatic heterocycles. The first-order valence-electron chi connectivity index (χ1n) is 9.28. The van der Waals surface area contributed by atoms with Crippen molar-refractivity contribution >= 4 is 27.3 Å². The van der Waals surface area contributed by atoms with Gasteiger partial charge >= 0.3 is 0 Å². The molecule has 0 spiro atoms. The molecule has 0 aliphatic carbocycles. The van der Waals surface area contributed by atoms with Gasteiger partial charge in [0.15, 0.2) is 0 Å². The van der Waals surface area contributed by atoms with Crippen molar-refractivity contribution in [3.05, 3.63) is 71.4 Å². The van der Waals surface area contributed by atoms with E-state index in [-0.39, 0.29) is 19.1 Å². The molecule has 1 amide bonds. The average molecular weight is 407 g/mol. The lowest BCUT2D eigenvalue weighted by Crippen LogP contribution is -2.26. The number of benzene rings is 2. The lowest BCUT2D eigenvalue weighted by molar-refractivity contribution is 0.0945. The van der Waals surface area contributed by atoms with Crippen LogP contribution in [0.4, 0.5) is 5.13 Å². The summed E-state index contributed by atoms with van der Waals surface area (Å²) in [7, 11) is 0. The number of carbonyl (C=O) groups excluding carboxylic acids is 1. The highest BCUT2D eigenvalue weighted by Crippen LogP contribution is 2.25. The summed E-state index contributed by atoms with van der Waals surface area (Å²) in [4.78, 5) is 17.4. The summed E-state index contributed by atoms with van der Waals surface area (Å²) in [5, 5.41) is 20.2. The van der Waals surface area contributed by atoms with E-state index in [1.165, 1.54) is 22.5 Å². The van der Waals surface area contributed by atoms with Crippen LogP contribution in [-0.4, -0.2) is 38.8 Å². The highest BCUT2D eigenvalue weighted by atomic mass is 32.1. The van der Waals surface area contributed by atoms with E-state index in [1.54, 1.807) is 16.6 Å². The van der Waals surface area contributed by atoms with Crippen LogP contribution in [0.2, 0.25) is 0 Å². The number of nitrogens with one attached hydrogen (secondary N) is 2. The second-order valence-electron chi connectivity index (χ2n) is 6.60. The molecule has 29 heavy (non-hydrogen) atoms. The standard InChI is InChI=1S/C21H21N5O2S/c1-14-4-2-3-5-17(14)12-23-20-25-26-13-18(24-21(26)29-20)15-6-8-16(9-7-15)19(28)22-10-11-27/h2-9,13,27H,10-12H2,1H3,(H,22,28)(H,23,25). The number of fused-ring (bicyclic) bond motifs is 1. The number of nitrogens with zero attached hydrogens (tertiary/aromatic N) is 3. The van der Waals surface area contributed by atoms with E-state index >= 15 is 0 Å². The van der Waals surface area contributed by atoms with Gasteiger partial charge in [-0.25, -0.2) is 9.50 Å². The van der Waals surface area contributed by atoms with Crippen LogP contribution in [0, 0.1) is 6.92 Å². The zero-order valence-electron chi connectivity index (χ0n) is 15.9. The Morgan fingerprint density at radius 2 is 1.97 bits per heavy atom. The molecule has 0 saturated heterocycles. The molecule has 2 aromatic carbocycles. The average Bonchev–Trinajstić information content (AvgIpc) is 3.30. The molecule has 0 aliphatic heterocycles. The van der Waals surface area contributed by atoms with Gasteiger partial charge in [0.2, 0.25) is 10.1 Å². The maximum Gasteiger partial charge on any atom is 0.251 e. The SMILES string of the molecule is Cc1ccccc1CNc1nn2cc(-c3ccc(C(=O)NCCO)cc3)nc2s1. The van der Waals surface area contributed by atoms with Crippen LogP contribution in [0.5, 0.6) is 0 Å². The van der Waals surface area contributed by atoms with Crippen LogP contribution in [0.3, 0.4) is 0 Å². The number of aromatic nitrogens is 3. The van der Waals surface area contributed by atoms with Crippen LogP contribution in [0.15, 0.2) is 54.7 Å². The fourth-order valence-electron chi connectivity index (χ4n) is 2.95. The van der Waals surface area contributed by atoms with E-state index in [4.69, 9.17) is 5.11 Å². The summed E-state index contributed by atoms with van der Waals surface area (Å²) >= 11 is 1.50. The number of aliphatic hydroxyl groups is 1. The van der Waals surface area contributed by atoms with Gasteiger partial charge in [-0.15, -0.1) is 5.10 Å². The lowest BCUT2D eigenvalue weighted by atomic mass is 10.1. The van der Waals surface area contributed by atoms with Gasteiger partial charge in [-0.2, -0.15) is 0 Å². The van der Waals surface area contributed by atoms with Crippen molar-refractivity contribution in [1.82, 2.24) is 19.9 Å². The van der Waals surface area contributed by atoms with E-state index in [2.05, 4.69) is 39.8 Å². The Kier molecular flexibility index (Phi) is 5.55. The number of hydrogen-bond donors (Lipinski definition) is 3. The van der Waals surface area contributed by atoms with Crippen molar-refractivity contribution in [3.8, 4) is 11.3 Å². The van der Waals surface area contributed by atoms with Crippen molar-refractivity contribution < 1.29 is 9.90 Å². The van der Waals surface area contributed by atoms with Gasteiger partial charge in [0.1, 0.15) is 0 Å². The van der Waals surface area contributed by atoms with E-state index in [1.807, 2.05) is 30.5 Å². The number of aliphatic hydroxyl groups excluding tert-OH is 1. The number of amides is 1. The van der Waals surface area contributed by atoms with Gasteiger partial charge in [0.25, 0.3) is 5.91 Å². The van der Waals surface area contributed by atoms with Gasteiger partial charge in [0, 0.05) is 24.2 Å². The molecule has 148 valence electrons. The van der Waals surface area contributed by atoms with Crippen molar-refractivity contribution in [2.45, 2.75) is 13.5 Å². The molecule has 0 unspecified atom stereocenters. The zero-order valence-corrected chi connectivity index (χ0v) is 16.7. The number of imidazole rings is 1. The highest BCUT2D eigenvalue weighted by Gasteiger charge is 2.11. The fourth-order valence-corrected chi connectivity index (χ4v) is 3.73. The third-order valence-electron chi connectivity index (χ3n) is 4.57. The molecule has 2 heterocycles. The number of rotatable bonds is 7. The minimum Gasteiger partial charge on any atom is -0.395 e. The van der Waals surface area contributed by atoms with Crippen LogP contribution in [0.25, 0.3) is 16.2 Å². The fraction of sp³-hybridized carbons (Fsp3) is 0.190. The summed E-state index contributed by atoms with van der Waals surface area (Å²) in [6.07, 6.45) is 1.88. The van der Waals surface area contributed by atoms with Gasteiger partial charge in [-0.1, -0.05) is 47.7 Å². The Morgan fingerprint density at radius 1 is 1.17 bits per heavy atom. The Bertz CT molecular complexity index is 1100. The minimum atomic E-state index is -0.206. The molecular formula is C21H21N5O2S. The molecule has 7 nitrogen and oxygen atoms in total. The van der Waals surface area contributed by atoms with Crippen molar-refractivity contribution in [3.63, 3.8) is 0 Å². The van der Waals surface area contributed by atoms with Crippen LogP contribution >= 0.6 is 11.3 Å². The number of carbonyl (C=O) groups is 1. The first kappa shape index (κ1) is 19.1. The predicted octanol–water partition coefficient (Wildman–Crippen LogP) is 3.10. The second kappa shape index (κ2) is 8.42. The Morgan fingerprint density at radius 3 is 2.69 bits per heavy atom. The Balaban J connectivity index is 1.45. The monoisotopic (exact) mass is 407 g/mol. The molecule has 0 atom stereocenters. The van der Waals surface area contributed by atoms with Crippen molar-refractivity contribution in [2.24, 2.45) is 0 Å². The van der Waals surface area contributed by atoms with E-state index < -0.39 is 0 Å². The molecule has 4 aromatic rings. The minimum absolute atomic E-state index is 0.0793. The van der Waals surface area contributed by atoms with Crippen molar-refractivity contribution in [1.29, 1.82) is 0 Å². The third kappa shape index (κ3) is 4.28. The molecule has 3 N–H and O–H groups in total. The number of anilines is 1. The van der Waals surface area contributed by atoms with Gasteiger partial charge < -0.3 is 15.7 Å². The van der Waals surface area contributed by atoms with Gasteiger partial charge in [0.05, 0.1) is 18.5 Å². The van der Waals surface area contributed by atoms with Crippen LogP contribution in [-0.2, 0) is 6.54 Å². The topological polar surface area (TPSA) is 91.6 Å². The summed E-state index contributed by atoms with van der Waals surface area (Å²) < 4.78 is 1.77. The molecule has 8 heteroatoms. The molecule has 0 bridgehead atoms. The van der Waals surface area contributed by atoms with Gasteiger partial charge in [-0.05, 0) is 30.2 Å². The van der Waals surface area contributed by atoms with Crippen molar-refractivity contribution in [2.75, 3.05) is 18.5 Å². The quantitative estimate of drug-likeness (QED) is 0.438. The third-order valence-corrected chi connectivity index (χ3v) is 5.45. The molecule has 0 radical (unpaired) electrons. The maximum atomic E-state index is 11.9. The molecular weight excluding hydrogens is 386 g/mol. The maximum absolute atomic E-state index is 11.9. The number of aryl methyl sites for hydroxylation is 1. The molecule has 0 aliphatic rings. The molecule has 0 fully saturated rings.